The van der Waals surface area contributed by atoms with E-state index in [0.717, 1.165) is 53.4 Å². The average Bonchev–Trinajstić information content (AvgIpc) is 3.08. The number of nitrogens with zero attached hydrogens (tertiary/aromatic N) is 3. The fourth-order valence-electron chi connectivity index (χ4n) is 5.73. The normalized spacial score (nSPS) is 34.5. The van der Waals surface area contributed by atoms with Crippen LogP contribution in [0.5, 0.6) is 0 Å². The lowest BCUT2D eigenvalue weighted by Gasteiger charge is -2.55. The minimum absolute atomic E-state index is 0.140. The van der Waals surface area contributed by atoms with Crippen LogP contribution in [-0.4, -0.2) is 21.5 Å². The van der Waals surface area contributed by atoms with Crippen molar-refractivity contribution in [1.29, 1.82) is 0 Å². The molecule has 5 nitrogen and oxygen atoms in total. The number of thiazole rings is 1. The lowest BCUT2D eigenvalue weighted by atomic mass is 9.49. The molecule has 24 heavy (non-hydrogen) atoms. The molecular weight excluding hydrogens is 320 g/mol. The Morgan fingerprint density at radius 1 is 1.33 bits per heavy atom. The number of hydrogen-bond acceptors (Lipinski definition) is 4. The van der Waals surface area contributed by atoms with Crippen LogP contribution in [0.3, 0.4) is 0 Å². The van der Waals surface area contributed by atoms with Gasteiger partial charge in [0.15, 0.2) is 4.96 Å². The molecule has 0 aromatic carbocycles. The van der Waals surface area contributed by atoms with Crippen molar-refractivity contribution in [2.24, 2.45) is 28.3 Å². The fourth-order valence-corrected chi connectivity index (χ4v) is 6.49. The summed E-state index contributed by atoms with van der Waals surface area (Å²) in [6.45, 7) is 1.97. The highest BCUT2D eigenvalue weighted by molar-refractivity contribution is 7.15. The molecule has 1 N–H and O–H groups in total. The first-order chi connectivity index (χ1) is 11.6. The number of carbonyl (C=O) groups excluding carboxylic acids is 1. The first-order valence-corrected chi connectivity index (χ1v) is 9.76. The van der Waals surface area contributed by atoms with Crippen LogP contribution < -0.4 is 5.43 Å². The molecule has 0 radical (unpaired) electrons. The summed E-state index contributed by atoms with van der Waals surface area (Å²) in [5.74, 6) is 2.46. The molecule has 0 aliphatic heterocycles. The molecule has 4 fully saturated rings. The van der Waals surface area contributed by atoms with Gasteiger partial charge in [0.05, 0.1) is 23.0 Å². The third kappa shape index (κ3) is 2.15. The maximum absolute atomic E-state index is 12.9. The smallest absolute Gasteiger partial charge is 0.246 e. The maximum atomic E-state index is 12.9. The number of aromatic nitrogens is 2. The lowest BCUT2D eigenvalue weighted by Crippen LogP contribution is -2.52. The molecule has 1 amide bonds. The van der Waals surface area contributed by atoms with E-state index >= 15 is 0 Å². The van der Waals surface area contributed by atoms with E-state index in [1.807, 2.05) is 22.9 Å². The van der Waals surface area contributed by atoms with Crippen molar-refractivity contribution >= 4 is 28.4 Å². The monoisotopic (exact) mass is 342 g/mol. The Hall–Kier alpha value is -1.69. The molecule has 0 spiro atoms. The first kappa shape index (κ1) is 14.6. The van der Waals surface area contributed by atoms with Crippen molar-refractivity contribution in [3.63, 3.8) is 0 Å². The summed E-state index contributed by atoms with van der Waals surface area (Å²) in [5.41, 5.74) is 4.59. The summed E-state index contributed by atoms with van der Waals surface area (Å²) in [5, 5.41) is 6.29. The van der Waals surface area contributed by atoms with Gasteiger partial charge in [-0.05, 0) is 63.2 Å². The van der Waals surface area contributed by atoms with Crippen LogP contribution in [0.15, 0.2) is 16.7 Å². The molecular formula is C18H22N4OS. The summed E-state index contributed by atoms with van der Waals surface area (Å²) in [6, 6.07) is 0. The number of fused-ring (bicyclic) bond motifs is 1. The van der Waals surface area contributed by atoms with E-state index in [2.05, 4.69) is 15.5 Å². The highest BCUT2D eigenvalue weighted by atomic mass is 32.1. The molecule has 4 bridgehead atoms. The summed E-state index contributed by atoms with van der Waals surface area (Å²) in [7, 11) is 0. The van der Waals surface area contributed by atoms with Gasteiger partial charge in [0, 0.05) is 11.6 Å². The van der Waals surface area contributed by atoms with E-state index in [-0.39, 0.29) is 11.3 Å². The lowest BCUT2D eigenvalue weighted by molar-refractivity contribution is -0.146. The van der Waals surface area contributed by atoms with E-state index < -0.39 is 0 Å². The van der Waals surface area contributed by atoms with Crippen molar-refractivity contribution in [2.45, 2.75) is 45.4 Å². The third-order valence-electron chi connectivity index (χ3n) is 6.36. The van der Waals surface area contributed by atoms with Crippen LogP contribution >= 0.6 is 11.3 Å². The van der Waals surface area contributed by atoms with Gasteiger partial charge in [0.1, 0.15) is 0 Å². The van der Waals surface area contributed by atoms with Gasteiger partial charge in [-0.3, -0.25) is 9.20 Å². The fraction of sp³-hybridized carbons (Fsp3) is 0.611. The predicted molar refractivity (Wildman–Crippen MR) is 94.1 cm³/mol. The minimum atomic E-state index is -0.143. The predicted octanol–water partition coefficient (Wildman–Crippen LogP) is 3.37. The number of hydrazone groups is 1. The number of aryl methyl sites for hydroxylation is 1. The van der Waals surface area contributed by atoms with Gasteiger partial charge in [-0.15, -0.1) is 11.3 Å². The molecule has 0 unspecified atom stereocenters. The summed E-state index contributed by atoms with van der Waals surface area (Å²) < 4.78 is 2.01. The zero-order valence-electron chi connectivity index (χ0n) is 13.9. The van der Waals surface area contributed by atoms with Gasteiger partial charge in [0.25, 0.3) is 0 Å². The zero-order valence-corrected chi connectivity index (χ0v) is 14.7. The zero-order chi connectivity index (χ0) is 16.3. The van der Waals surface area contributed by atoms with Gasteiger partial charge < -0.3 is 0 Å². The largest absolute Gasteiger partial charge is 0.289 e. The van der Waals surface area contributed by atoms with E-state index in [0.29, 0.717) is 0 Å². The second kappa shape index (κ2) is 5.15. The summed E-state index contributed by atoms with van der Waals surface area (Å²) >= 11 is 1.60. The van der Waals surface area contributed by atoms with Gasteiger partial charge in [-0.25, -0.2) is 10.4 Å². The van der Waals surface area contributed by atoms with Crippen molar-refractivity contribution in [3.8, 4) is 0 Å². The molecule has 126 valence electrons. The second-order valence-electron chi connectivity index (χ2n) is 8.04. The van der Waals surface area contributed by atoms with Crippen LogP contribution in [-0.2, 0) is 4.79 Å². The summed E-state index contributed by atoms with van der Waals surface area (Å²) in [4.78, 5) is 18.3. The molecule has 2 aromatic rings. The highest BCUT2D eigenvalue weighted by Crippen LogP contribution is 2.60. The Kier molecular flexibility index (Phi) is 3.14. The molecule has 2 heterocycles. The average molecular weight is 342 g/mol. The van der Waals surface area contributed by atoms with E-state index in [1.165, 1.54) is 19.3 Å². The number of nitrogens with one attached hydrogen (secondary N) is 1. The van der Waals surface area contributed by atoms with Crippen molar-refractivity contribution in [1.82, 2.24) is 14.8 Å². The van der Waals surface area contributed by atoms with Crippen molar-refractivity contribution in [2.75, 3.05) is 0 Å². The van der Waals surface area contributed by atoms with E-state index in [4.69, 9.17) is 0 Å². The number of carbonyl (C=O) groups is 1. The molecule has 6 heteroatoms. The maximum Gasteiger partial charge on any atom is 0.246 e. The molecule has 0 atom stereocenters. The first-order valence-electron chi connectivity index (χ1n) is 8.89. The molecule has 4 aliphatic rings. The van der Waals surface area contributed by atoms with Crippen LogP contribution in [0.1, 0.15) is 49.9 Å². The molecule has 4 aliphatic carbocycles. The standard InChI is InChI=1S/C18H22N4OS/c1-11-15(22-2-3-24-17(22)20-11)10-19-21-16(23)18-7-12-4-13(8-18)6-14(5-12)9-18/h2-3,10,12-14H,4-9H2,1H3,(H,21,23)/b19-10-. The van der Waals surface area contributed by atoms with Gasteiger partial charge >= 0.3 is 0 Å². The SMILES string of the molecule is Cc1nc2sccn2c1/C=N\NC(=O)C12CC3CC(CC(C3)C1)C2. The van der Waals surface area contributed by atoms with Crippen molar-refractivity contribution < 1.29 is 4.79 Å². The molecule has 2 aromatic heterocycles. The Balaban J connectivity index is 1.34. The number of amides is 1. The van der Waals surface area contributed by atoms with Crippen molar-refractivity contribution in [3.05, 3.63) is 23.0 Å². The Bertz CT molecular complexity index is 798. The third-order valence-corrected chi connectivity index (χ3v) is 7.11. The van der Waals surface area contributed by atoms with Crippen LogP contribution in [0.4, 0.5) is 0 Å². The van der Waals surface area contributed by atoms with Gasteiger partial charge in [-0.1, -0.05) is 0 Å². The molecule has 0 saturated heterocycles. The number of hydrogen-bond donors (Lipinski definition) is 1. The Morgan fingerprint density at radius 3 is 2.67 bits per heavy atom. The number of rotatable bonds is 3. The Labute approximate surface area is 145 Å². The second-order valence-corrected chi connectivity index (χ2v) is 8.91. The Morgan fingerprint density at radius 2 is 2.00 bits per heavy atom. The summed E-state index contributed by atoms with van der Waals surface area (Å²) in [6.07, 6.45) is 11.0. The van der Waals surface area contributed by atoms with Gasteiger partial charge in [0.2, 0.25) is 5.91 Å². The van der Waals surface area contributed by atoms with E-state index in [9.17, 15) is 4.79 Å². The van der Waals surface area contributed by atoms with Crippen LogP contribution in [0.25, 0.3) is 4.96 Å². The minimum Gasteiger partial charge on any atom is -0.289 e. The van der Waals surface area contributed by atoms with Crippen LogP contribution in [0.2, 0.25) is 0 Å². The van der Waals surface area contributed by atoms with Crippen LogP contribution in [0, 0.1) is 30.1 Å². The highest BCUT2D eigenvalue weighted by Gasteiger charge is 2.54. The molecule has 6 rings (SSSR count). The topological polar surface area (TPSA) is 58.8 Å². The quantitative estimate of drug-likeness (QED) is 0.687. The van der Waals surface area contributed by atoms with E-state index in [1.54, 1.807) is 17.6 Å². The molecule has 4 saturated carbocycles. The number of imidazole rings is 1. The van der Waals surface area contributed by atoms with Gasteiger partial charge in [-0.2, -0.15) is 5.10 Å².